The number of amides is 1. The van der Waals surface area contributed by atoms with Crippen molar-refractivity contribution >= 4 is 5.91 Å². The van der Waals surface area contributed by atoms with Crippen LogP contribution in [0.15, 0.2) is 42.5 Å². The molecule has 0 spiro atoms. The van der Waals surface area contributed by atoms with Gasteiger partial charge in [0.25, 0.3) is 5.91 Å². The summed E-state index contributed by atoms with van der Waals surface area (Å²) in [7, 11) is 6.19. The molecule has 0 bridgehead atoms. The van der Waals surface area contributed by atoms with Crippen LogP contribution in [0.3, 0.4) is 0 Å². The van der Waals surface area contributed by atoms with E-state index in [-0.39, 0.29) is 5.91 Å². The summed E-state index contributed by atoms with van der Waals surface area (Å²) < 4.78 is 2.04. The van der Waals surface area contributed by atoms with Gasteiger partial charge in [0.2, 0.25) is 0 Å². The van der Waals surface area contributed by atoms with Gasteiger partial charge in [-0.05, 0) is 64.0 Å². The summed E-state index contributed by atoms with van der Waals surface area (Å²) in [5.74, 6) is 0.174. The summed E-state index contributed by atoms with van der Waals surface area (Å²) in [6.45, 7) is 1.90. The predicted octanol–water partition coefficient (Wildman–Crippen LogP) is 3.64. The molecular formula is C21H29N3O. The molecule has 1 aliphatic heterocycles. The average Bonchev–Trinajstić information content (AvgIpc) is 3.02. The molecule has 1 atom stereocenters. The van der Waals surface area contributed by atoms with E-state index in [2.05, 4.69) is 42.1 Å². The minimum atomic E-state index is 0.174. The van der Waals surface area contributed by atoms with E-state index in [0.717, 1.165) is 49.3 Å². The van der Waals surface area contributed by atoms with Gasteiger partial charge in [-0.1, -0.05) is 30.3 Å². The lowest BCUT2D eigenvalue weighted by molar-refractivity contribution is 0.0582. The number of hydrogen-bond acceptors (Lipinski definition) is 2. The summed E-state index contributed by atoms with van der Waals surface area (Å²) in [5.41, 5.74) is 3.02. The molecule has 2 aromatic rings. The maximum atomic E-state index is 13.2. The molecule has 0 aliphatic carbocycles. The third-order valence-corrected chi connectivity index (χ3v) is 5.21. The van der Waals surface area contributed by atoms with Gasteiger partial charge in [-0.25, -0.2) is 0 Å². The molecule has 0 saturated carbocycles. The van der Waals surface area contributed by atoms with E-state index in [1.165, 1.54) is 6.42 Å². The van der Waals surface area contributed by atoms with Gasteiger partial charge in [-0.15, -0.1) is 0 Å². The van der Waals surface area contributed by atoms with Gasteiger partial charge in [0.1, 0.15) is 5.69 Å². The molecule has 1 fully saturated rings. The number of carbonyl (C=O) groups is 1. The Morgan fingerprint density at radius 3 is 2.60 bits per heavy atom. The number of benzene rings is 1. The first-order valence-electron chi connectivity index (χ1n) is 9.25. The van der Waals surface area contributed by atoms with Gasteiger partial charge in [-0.3, -0.25) is 4.79 Å². The molecule has 0 N–H and O–H groups in total. The SMILES string of the molecule is CN(C)CCC1CCCCN1C(=O)c1ccc(-c2ccccc2)n1C. The van der Waals surface area contributed by atoms with Crippen molar-refractivity contribution in [3.63, 3.8) is 0 Å². The zero-order chi connectivity index (χ0) is 17.8. The number of aromatic nitrogens is 1. The Morgan fingerprint density at radius 2 is 1.88 bits per heavy atom. The molecule has 3 rings (SSSR count). The van der Waals surface area contributed by atoms with Gasteiger partial charge in [0, 0.05) is 25.3 Å². The van der Waals surface area contributed by atoms with Crippen molar-refractivity contribution in [2.45, 2.75) is 31.7 Å². The topological polar surface area (TPSA) is 28.5 Å². The highest BCUT2D eigenvalue weighted by atomic mass is 16.2. The first-order chi connectivity index (χ1) is 12.1. The van der Waals surface area contributed by atoms with Crippen LogP contribution in [0.2, 0.25) is 0 Å². The fraction of sp³-hybridized carbons (Fsp3) is 0.476. The van der Waals surface area contributed by atoms with Crippen LogP contribution in [0.25, 0.3) is 11.3 Å². The average molecular weight is 339 g/mol. The van der Waals surface area contributed by atoms with E-state index in [1.807, 2.05) is 35.9 Å². The van der Waals surface area contributed by atoms with Crippen LogP contribution in [0, 0.1) is 0 Å². The minimum absolute atomic E-state index is 0.174. The molecule has 1 aliphatic rings. The molecule has 2 heterocycles. The lowest BCUT2D eigenvalue weighted by atomic mass is 9.98. The fourth-order valence-corrected chi connectivity index (χ4v) is 3.75. The summed E-state index contributed by atoms with van der Waals surface area (Å²) in [6.07, 6.45) is 4.51. The van der Waals surface area contributed by atoms with Gasteiger partial charge in [-0.2, -0.15) is 0 Å². The molecule has 0 radical (unpaired) electrons. The van der Waals surface area contributed by atoms with E-state index >= 15 is 0 Å². The second-order valence-corrected chi connectivity index (χ2v) is 7.27. The molecule has 25 heavy (non-hydrogen) atoms. The van der Waals surface area contributed by atoms with Crippen molar-refractivity contribution in [2.24, 2.45) is 7.05 Å². The van der Waals surface area contributed by atoms with Crippen LogP contribution in [0.5, 0.6) is 0 Å². The molecule has 1 saturated heterocycles. The van der Waals surface area contributed by atoms with E-state index in [0.29, 0.717) is 6.04 Å². The number of piperidine rings is 1. The van der Waals surface area contributed by atoms with Crippen LogP contribution >= 0.6 is 0 Å². The maximum Gasteiger partial charge on any atom is 0.270 e. The van der Waals surface area contributed by atoms with Crippen LogP contribution in [-0.4, -0.2) is 53.5 Å². The maximum absolute atomic E-state index is 13.2. The number of nitrogens with zero attached hydrogens (tertiary/aromatic N) is 3. The highest BCUT2D eigenvalue weighted by molar-refractivity contribution is 5.94. The van der Waals surface area contributed by atoms with E-state index in [9.17, 15) is 4.79 Å². The monoisotopic (exact) mass is 339 g/mol. The molecule has 1 aromatic carbocycles. The number of rotatable bonds is 5. The van der Waals surface area contributed by atoms with Crippen molar-refractivity contribution in [1.29, 1.82) is 0 Å². The van der Waals surface area contributed by atoms with E-state index in [1.54, 1.807) is 0 Å². The molecule has 4 heteroatoms. The Bertz CT molecular complexity index is 705. The smallest absolute Gasteiger partial charge is 0.270 e. The normalized spacial score (nSPS) is 17.9. The van der Waals surface area contributed by atoms with Crippen LogP contribution in [-0.2, 0) is 7.05 Å². The third-order valence-electron chi connectivity index (χ3n) is 5.21. The van der Waals surface area contributed by atoms with Crippen molar-refractivity contribution < 1.29 is 4.79 Å². The standard InChI is InChI=1S/C21H29N3O/c1-22(2)16-14-18-11-7-8-15-24(18)21(25)20-13-12-19(23(20)3)17-9-5-4-6-10-17/h4-6,9-10,12-13,18H,7-8,11,14-16H2,1-3H3. The second-order valence-electron chi connectivity index (χ2n) is 7.27. The van der Waals surface area contributed by atoms with Crippen LogP contribution < -0.4 is 0 Å². The Balaban J connectivity index is 1.81. The first-order valence-corrected chi connectivity index (χ1v) is 9.25. The fourth-order valence-electron chi connectivity index (χ4n) is 3.75. The number of likely N-dealkylation sites (tertiary alicyclic amines) is 1. The molecule has 1 aromatic heterocycles. The Kier molecular flexibility index (Phi) is 5.59. The Morgan fingerprint density at radius 1 is 1.12 bits per heavy atom. The van der Waals surface area contributed by atoms with Gasteiger partial charge >= 0.3 is 0 Å². The molecule has 134 valence electrons. The third kappa shape index (κ3) is 3.96. The molecule has 1 amide bonds. The lowest BCUT2D eigenvalue weighted by Gasteiger charge is -2.36. The molecular weight excluding hydrogens is 310 g/mol. The summed E-state index contributed by atoms with van der Waals surface area (Å²) >= 11 is 0. The highest BCUT2D eigenvalue weighted by Gasteiger charge is 2.29. The minimum Gasteiger partial charge on any atom is -0.340 e. The largest absolute Gasteiger partial charge is 0.340 e. The quantitative estimate of drug-likeness (QED) is 0.832. The van der Waals surface area contributed by atoms with E-state index in [4.69, 9.17) is 0 Å². The number of carbonyl (C=O) groups excluding carboxylic acids is 1. The highest BCUT2D eigenvalue weighted by Crippen LogP contribution is 2.25. The van der Waals surface area contributed by atoms with E-state index < -0.39 is 0 Å². The van der Waals surface area contributed by atoms with Crippen molar-refractivity contribution in [3.8, 4) is 11.3 Å². The van der Waals surface area contributed by atoms with Gasteiger partial charge < -0.3 is 14.4 Å². The van der Waals surface area contributed by atoms with Crippen molar-refractivity contribution in [3.05, 3.63) is 48.2 Å². The first kappa shape index (κ1) is 17.7. The van der Waals surface area contributed by atoms with Gasteiger partial charge in [0.05, 0.1) is 0 Å². The van der Waals surface area contributed by atoms with Crippen LogP contribution in [0.4, 0.5) is 0 Å². The van der Waals surface area contributed by atoms with Gasteiger partial charge in [0.15, 0.2) is 0 Å². The molecule has 4 nitrogen and oxygen atoms in total. The Labute approximate surface area is 151 Å². The zero-order valence-corrected chi connectivity index (χ0v) is 15.6. The lowest BCUT2D eigenvalue weighted by Crippen LogP contribution is -2.45. The second kappa shape index (κ2) is 7.87. The number of hydrogen-bond donors (Lipinski definition) is 0. The van der Waals surface area contributed by atoms with Crippen molar-refractivity contribution in [1.82, 2.24) is 14.4 Å². The summed E-state index contributed by atoms with van der Waals surface area (Å²) in [5, 5.41) is 0. The summed E-state index contributed by atoms with van der Waals surface area (Å²) in [4.78, 5) is 17.5. The zero-order valence-electron chi connectivity index (χ0n) is 15.6. The summed E-state index contributed by atoms with van der Waals surface area (Å²) in [6, 6.07) is 14.6. The van der Waals surface area contributed by atoms with Crippen LogP contribution in [0.1, 0.15) is 36.2 Å². The van der Waals surface area contributed by atoms with Crippen molar-refractivity contribution in [2.75, 3.05) is 27.2 Å². The molecule has 1 unspecified atom stereocenters. The predicted molar refractivity (Wildman–Crippen MR) is 103 cm³/mol. The Hall–Kier alpha value is -2.07.